The number of carboxylic acids is 1. The Balaban J connectivity index is 2.58. The van der Waals surface area contributed by atoms with Gasteiger partial charge >= 0.3 is 5.97 Å². The predicted molar refractivity (Wildman–Crippen MR) is 56.2 cm³/mol. The molecule has 6 nitrogen and oxygen atoms in total. The van der Waals surface area contributed by atoms with Crippen molar-refractivity contribution in [2.24, 2.45) is 7.05 Å². The smallest absolute Gasteiger partial charge is 0.354 e. The lowest BCUT2D eigenvalue weighted by atomic mass is 10.3. The first-order valence-electron chi connectivity index (χ1n) is 4.32. The van der Waals surface area contributed by atoms with Gasteiger partial charge in [0.05, 0.1) is 12.5 Å². The highest BCUT2D eigenvalue weighted by atomic mass is 35.5. The van der Waals surface area contributed by atoms with Crippen molar-refractivity contribution >= 4 is 17.6 Å². The van der Waals surface area contributed by atoms with Gasteiger partial charge < -0.3 is 9.67 Å². The van der Waals surface area contributed by atoms with E-state index in [0.29, 0.717) is 5.69 Å². The van der Waals surface area contributed by atoms with Crippen LogP contribution in [-0.2, 0) is 7.05 Å². The molecule has 0 atom stereocenters. The molecule has 2 rings (SSSR count). The number of imidazole rings is 1. The van der Waals surface area contributed by atoms with Gasteiger partial charge in [0.15, 0.2) is 11.5 Å². The number of hydrogen-bond donors (Lipinski definition) is 1. The highest BCUT2D eigenvalue weighted by Crippen LogP contribution is 2.16. The number of aryl methyl sites for hydroxylation is 1. The molecule has 0 aliphatic carbocycles. The van der Waals surface area contributed by atoms with Gasteiger partial charge in [-0.15, -0.1) is 0 Å². The molecule has 0 spiro atoms. The molecule has 0 saturated heterocycles. The fourth-order valence-corrected chi connectivity index (χ4v) is 1.40. The average molecular weight is 239 g/mol. The molecule has 82 valence electrons. The molecule has 0 aliphatic rings. The molecule has 0 aromatic carbocycles. The quantitative estimate of drug-likeness (QED) is 0.796. The fourth-order valence-electron chi connectivity index (χ4n) is 1.21. The van der Waals surface area contributed by atoms with E-state index in [4.69, 9.17) is 16.7 Å². The van der Waals surface area contributed by atoms with Crippen LogP contribution in [-0.4, -0.2) is 30.6 Å². The second kappa shape index (κ2) is 3.90. The van der Waals surface area contributed by atoms with Crippen LogP contribution in [0.4, 0.5) is 0 Å². The van der Waals surface area contributed by atoms with Crippen LogP contribution < -0.4 is 0 Å². The maximum Gasteiger partial charge on any atom is 0.354 e. The summed E-state index contributed by atoms with van der Waals surface area (Å²) in [5.74, 6) is -0.905. The zero-order valence-corrected chi connectivity index (χ0v) is 9.01. The van der Waals surface area contributed by atoms with Gasteiger partial charge in [-0.1, -0.05) is 11.6 Å². The summed E-state index contributed by atoms with van der Waals surface area (Å²) in [7, 11) is 1.76. The van der Waals surface area contributed by atoms with E-state index >= 15 is 0 Å². The Labute approximate surface area is 95.6 Å². The van der Waals surface area contributed by atoms with Crippen LogP contribution in [0, 0.1) is 0 Å². The van der Waals surface area contributed by atoms with E-state index in [-0.39, 0.29) is 16.7 Å². The molecule has 2 aromatic rings. The van der Waals surface area contributed by atoms with Crippen LogP contribution in [0.1, 0.15) is 10.5 Å². The minimum atomic E-state index is -1.15. The van der Waals surface area contributed by atoms with Gasteiger partial charge in [-0.05, 0) is 0 Å². The number of aromatic carboxylic acids is 1. The van der Waals surface area contributed by atoms with E-state index in [1.807, 2.05) is 0 Å². The van der Waals surface area contributed by atoms with Crippen LogP contribution in [0.15, 0.2) is 18.6 Å². The van der Waals surface area contributed by atoms with Gasteiger partial charge in [0.25, 0.3) is 0 Å². The molecule has 7 heteroatoms. The topological polar surface area (TPSA) is 80.9 Å². The lowest BCUT2D eigenvalue weighted by Gasteiger charge is -2.02. The first-order valence-corrected chi connectivity index (χ1v) is 4.70. The van der Waals surface area contributed by atoms with E-state index in [0.717, 1.165) is 0 Å². The molecule has 0 radical (unpaired) electrons. The molecule has 0 unspecified atom stereocenters. The third kappa shape index (κ3) is 1.87. The first-order chi connectivity index (χ1) is 7.58. The van der Waals surface area contributed by atoms with Gasteiger partial charge in [-0.2, -0.15) is 0 Å². The minimum absolute atomic E-state index is 0.0867. The van der Waals surface area contributed by atoms with E-state index in [1.54, 1.807) is 17.9 Å². The highest BCUT2D eigenvalue weighted by Gasteiger charge is 2.12. The van der Waals surface area contributed by atoms with Crippen molar-refractivity contribution in [2.75, 3.05) is 0 Å². The SMILES string of the molecule is Cn1cncc1-c1nc(Cl)cc(C(=O)O)n1. The van der Waals surface area contributed by atoms with Crippen molar-refractivity contribution in [3.8, 4) is 11.5 Å². The molecular formula is C9H7ClN4O2. The van der Waals surface area contributed by atoms with Crippen LogP contribution in [0.3, 0.4) is 0 Å². The summed E-state index contributed by atoms with van der Waals surface area (Å²) in [6, 6.07) is 1.20. The van der Waals surface area contributed by atoms with Crippen molar-refractivity contribution in [1.82, 2.24) is 19.5 Å². The monoisotopic (exact) mass is 238 g/mol. The van der Waals surface area contributed by atoms with Crippen molar-refractivity contribution in [3.63, 3.8) is 0 Å². The summed E-state index contributed by atoms with van der Waals surface area (Å²) >= 11 is 5.72. The predicted octanol–water partition coefficient (Wildman–Crippen LogP) is 1.23. The van der Waals surface area contributed by atoms with Crippen LogP contribution in [0.2, 0.25) is 5.15 Å². The van der Waals surface area contributed by atoms with E-state index in [9.17, 15) is 4.79 Å². The number of carbonyl (C=O) groups is 1. The molecule has 0 fully saturated rings. The Morgan fingerprint density at radius 2 is 2.25 bits per heavy atom. The summed E-state index contributed by atoms with van der Waals surface area (Å²) < 4.78 is 1.68. The van der Waals surface area contributed by atoms with Gasteiger partial charge in [0, 0.05) is 13.1 Å². The molecule has 2 aromatic heterocycles. The molecule has 0 amide bonds. The first kappa shape index (κ1) is 10.6. The summed E-state index contributed by atoms with van der Waals surface area (Å²) in [6.45, 7) is 0. The molecule has 16 heavy (non-hydrogen) atoms. The number of aromatic nitrogens is 4. The molecule has 0 aliphatic heterocycles. The molecule has 2 heterocycles. The third-order valence-corrected chi connectivity index (χ3v) is 2.15. The van der Waals surface area contributed by atoms with E-state index in [2.05, 4.69) is 15.0 Å². The molecular weight excluding hydrogens is 232 g/mol. The Kier molecular flexibility index (Phi) is 2.57. The van der Waals surface area contributed by atoms with Gasteiger partial charge in [0.1, 0.15) is 10.8 Å². The summed E-state index contributed by atoms with van der Waals surface area (Å²) in [4.78, 5) is 22.5. The Hall–Kier alpha value is -1.95. The number of hydrogen-bond acceptors (Lipinski definition) is 4. The second-order valence-electron chi connectivity index (χ2n) is 3.09. The number of rotatable bonds is 2. The van der Waals surface area contributed by atoms with Crippen molar-refractivity contribution in [1.29, 1.82) is 0 Å². The number of nitrogens with zero attached hydrogens (tertiary/aromatic N) is 4. The summed E-state index contributed by atoms with van der Waals surface area (Å²) in [5.41, 5.74) is 0.459. The van der Waals surface area contributed by atoms with Gasteiger partial charge in [-0.3, -0.25) is 0 Å². The van der Waals surface area contributed by atoms with Crippen molar-refractivity contribution in [3.05, 3.63) is 29.4 Å². The lowest BCUT2D eigenvalue weighted by molar-refractivity contribution is 0.0690. The highest BCUT2D eigenvalue weighted by molar-refractivity contribution is 6.29. The Morgan fingerprint density at radius 1 is 1.50 bits per heavy atom. The van der Waals surface area contributed by atoms with E-state index < -0.39 is 5.97 Å². The van der Waals surface area contributed by atoms with Crippen LogP contribution >= 0.6 is 11.6 Å². The van der Waals surface area contributed by atoms with Crippen molar-refractivity contribution in [2.45, 2.75) is 0 Å². The van der Waals surface area contributed by atoms with Crippen molar-refractivity contribution < 1.29 is 9.90 Å². The average Bonchev–Trinajstić information content (AvgIpc) is 2.63. The minimum Gasteiger partial charge on any atom is -0.477 e. The Morgan fingerprint density at radius 3 is 2.81 bits per heavy atom. The summed E-state index contributed by atoms with van der Waals surface area (Å²) in [6.07, 6.45) is 3.11. The largest absolute Gasteiger partial charge is 0.477 e. The fraction of sp³-hybridized carbons (Fsp3) is 0.111. The Bertz CT molecular complexity index is 552. The number of halogens is 1. The van der Waals surface area contributed by atoms with Gasteiger partial charge in [0.2, 0.25) is 0 Å². The van der Waals surface area contributed by atoms with Crippen LogP contribution in [0.5, 0.6) is 0 Å². The molecule has 0 saturated carbocycles. The number of carboxylic acid groups (broad SMARTS) is 1. The maximum atomic E-state index is 10.8. The van der Waals surface area contributed by atoms with Crippen LogP contribution in [0.25, 0.3) is 11.5 Å². The standard InChI is InChI=1S/C9H7ClN4O2/c1-14-4-11-3-6(14)8-12-5(9(15)16)2-7(10)13-8/h2-4H,1H3,(H,15,16). The third-order valence-electron chi connectivity index (χ3n) is 1.96. The summed E-state index contributed by atoms with van der Waals surface area (Å²) in [5, 5.41) is 8.92. The zero-order valence-electron chi connectivity index (χ0n) is 8.25. The molecule has 1 N–H and O–H groups in total. The van der Waals surface area contributed by atoms with E-state index in [1.165, 1.54) is 12.3 Å². The molecule has 0 bridgehead atoms. The zero-order chi connectivity index (χ0) is 11.7. The lowest BCUT2D eigenvalue weighted by Crippen LogP contribution is -2.04. The second-order valence-corrected chi connectivity index (χ2v) is 3.48. The maximum absolute atomic E-state index is 10.8. The van der Waals surface area contributed by atoms with Gasteiger partial charge in [-0.25, -0.2) is 19.7 Å². The normalized spacial score (nSPS) is 10.4.